The lowest BCUT2D eigenvalue weighted by Crippen LogP contribution is -2.35. The van der Waals surface area contributed by atoms with Crippen LogP contribution in [0.5, 0.6) is 0 Å². The molecule has 0 atom stereocenters. The van der Waals surface area contributed by atoms with Gasteiger partial charge in [0.1, 0.15) is 0 Å². The summed E-state index contributed by atoms with van der Waals surface area (Å²) < 4.78 is 26.7. The van der Waals surface area contributed by atoms with Crippen LogP contribution in [0.2, 0.25) is 0 Å². The lowest BCUT2D eigenvalue weighted by Gasteiger charge is -2.22. The molecule has 1 aromatic carbocycles. The van der Waals surface area contributed by atoms with Crippen molar-refractivity contribution >= 4 is 10.0 Å². The molecule has 5 nitrogen and oxygen atoms in total. The Morgan fingerprint density at radius 1 is 1.29 bits per heavy atom. The average Bonchev–Trinajstić information content (AvgIpc) is 2.98. The molecule has 6 heteroatoms. The van der Waals surface area contributed by atoms with Crippen molar-refractivity contribution in [3.8, 4) is 0 Å². The Labute approximate surface area is 127 Å². The molecule has 0 unspecified atom stereocenters. The molecular weight excluding hydrogens is 288 g/mol. The fourth-order valence-electron chi connectivity index (χ4n) is 2.69. The third kappa shape index (κ3) is 3.63. The van der Waals surface area contributed by atoms with Gasteiger partial charge < -0.3 is 10.0 Å². The summed E-state index contributed by atoms with van der Waals surface area (Å²) in [6, 6.07) is 5.04. The summed E-state index contributed by atoms with van der Waals surface area (Å²) in [6.07, 6.45) is 2.40. The van der Waals surface area contributed by atoms with Crippen molar-refractivity contribution in [1.29, 1.82) is 0 Å². The SMILES string of the molecule is Cc1c(CO)cccc1S(=O)(=O)N(C)CCN1CCCC1. The van der Waals surface area contributed by atoms with Crippen molar-refractivity contribution in [2.75, 3.05) is 33.2 Å². The van der Waals surface area contributed by atoms with Gasteiger partial charge in [0.2, 0.25) is 10.0 Å². The van der Waals surface area contributed by atoms with Gasteiger partial charge in [0, 0.05) is 20.1 Å². The van der Waals surface area contributed by atoms with E-state index in [0.717, 1.165) is 19.6 Å². The predicted octanol–water partition coefficient (Wildman–Crippen LogP) is 1.20. The average molecular weight is 312 g/mol. The van der Waals surface area contributed by atoms with Crippen molar-refractivity contribution < 1.29 is 13.5 Å². The molecule has 0 saturated carbocycles. The van der Waals surface area contributed by atoms with Crippen LogP contribution in [0.3, 0.4) is 0 Å². The fraction of sp³-hybridized carbons (Fsp3) is 0.600. The maximum Gasteiger partial charge on any atom is 0.243 e. The lowest BCUT2D eigenvalue weighted by atomic mass is 10.1. The Morgan fingerprint density at radius 3 is 2.57 bits per heavy atom. The van der Waals surface area contributed by atoms with Crippen molar-refractivity contribution in [2.45, 2.75) is 31.3 Å². The number of benzene rings is 1. The minimum absolute atomic E-state index is 0.146. The summed E-state index contributed by atoms with van der Waals surface area (Å²) in [5.74, 6) is 0. The number of likely N-dealkylation sites (N-methyl/N-ethyl adjacent to an activating group) is 1. The van der Waals surface area contributed by atoms with Crippen LogP contribution < -0.4 is 0 Å². The van der Waals surface area contributed by atoms with Crippen LogP contribution in [-0.2, 0) is 16.6 Å². The molecule has 1 heterocycles. The molecule has 0 spiro atoms. The van der Waals surface area contributed by atoms with Gasteiger partial charge in [-0.3, -0.25) is 0 Å². The highest BCUT2D eigenvalue weighted by Crippen LogP contribution is 2.22. The number of sulfonamides is 1. The monoisotopic (exact) mass is 312 g/mol. The molecule has 0 radical (unpaired) electrons. The van der Waals surface area contributed by atoms with Crippen LogP contribution in [0.25, 0.3) is 0 Å². The van der Waals surface area contributed by atoms with Gasteiger partial charge >= 0.3 is 0 Å². The quantitative estimate of drug-likeness (QED) is 0.857. The number of rotatable bonds is 6. The minimum Gasteiger partial charge on any atom is -0.392 e. The smallest absolute Gasteiger partial charge is 0.243 e. The molecule has 1 aromatic rings. The molecule has 1 saturated heterocycles. The summed E-state index contributed by atoms with van der Waals surface area (Å²) in [5.41, 5.74) is 1.29. The lowest BCUT2D eigenvalue weighted by molar-refractivity contribution is 0.280. The van der Waals surface area contributed by atoms with Crippen LogP contribution >= 0.6 is 0 Å². The van der Waals surface area contributed by atoms with E-state index in [1.165, 1.54) is 17.1 Å². The Bertz CT molecular complexity index is 581. The summed E-state index contributed by atoms with van der Waals surface area (Å²) in [6.45, 7) is 4.98. The largest absolute Gasteiger partial charge is 0.392 e. The zero-order chi connectivity index (χ0) is 15.5. The highest BCUT2D eigenvalue weighted by molar-refractivity contribution is 7.89. The number of hydrogen-bond donors (Lipinski definition) is 1. The molecule has 21 heavy (non-hydrogen) atoms. The first-order chi connectivity index (χ1) is 9.96. The normalized spacial score (nSPS) is 16.8. The van der Waals surface area contributed by atoms with Crippen molar-refractivity contribution in [3.05, 3.63) is 29.3 Å². The molecule has 2 rings (SSSR count). The summed E-state index contributed by atoms with van der Waals surface area (Å²) >= 11 is 0. The van der Waals surface area contributed by atoms with Crippen LogP contribution in [0.15, 0.2) is 23.1 Å². The van der Waals surface area contributed by atoms with Crippen LogP contribution in [-0.4, -0.2) is 56.0 Å². The number of likely N-dealkylation sites (tertiary alicyclic amines) is 1. The summed E-state index contributed by atoms with van der Waals surface area (Å²) in [7, 11) is -1.88. The van der Waals surface area contributed by atoms with E-state index in [1.807, 2.05) is 0 Å². The summed E-state index contributed by atoms with van der Waals surface area (Å²) in [4.78, 5) is 2.58. The van der Waals surface area contributed by atoms with Crippen LogP contribution in [0.4, 0.5) is 0 Å². The Balaban J connectivity index is 2.13. The first-order valence-corrected chi connectivity index (χ1v) is 8.79. The third-order valence-electron chi connectivity index (χ3n) is 4.18. The van der Waals surface area contributed by atoms with E-state index in [-0.39, 0.29) is 11.5 Å². The topological polar surface area (TPSA) is 60.9 Å². The Kier molecular flexibility index (Phi) is 5.37. The van der Waals surface area contributed by atoms with Crippen molar-refractivity contribution in [1.82, 2.24) is 9.21 Å². The zero-order valence-electron chi connectivity index (χ0n) is 12.7. The van der Waals surface area contributed by atoms with Gasteiger partial charge in [-0.05, 0) is 50.0 Å². The predicted molar refractivity (Wildman–Crippen MR) is 82.6 cm³/mol. The van der Waals surface area contributed by atoms with Gasteiger partial charge in [-0.1, -0.05) is 12.1 Å². The second-order valence-corrected chi connectivity index (χ2v) is 7.59. The zero-order valence-corrected chi connectivity index (χ0v) is 13.6. The van der Waals surface area contributed by atoms with Crippen molar-refractivity contribution in [2.24, 2.45) is 0 Å². The Hall–Kier alpha value is -0.950. The van der Waals surface area contributed by atoms with Gasteiger partial charge in [0.25, 0.3) is 0 Å². The fourth-order valence-corrected chi connectivity index (χ4v) is 4.11. The van der Waals surface area contributed by atoms with E-state index in [9.17, 15) is 13.5 Å². The molecule has 1 aliphatic rings. The second kappa shape index (κ2) is 6.87. The molecule has 1 fully saturated rings. The number of hydrogen-bond acceptors (Lipinski definition) is 4. The highest BCUT2D eigenvalue weighted by atomic mass is 32.2. The maximum absolute atomic E-state index is 12.7. The number of nitrogens with zero attached hydrogens (tertiary/aromatic N) is 2. The molecule has 0 aromatic heterocycles. The molecule has 0 bridgehead atoms. The van der Waals surface area contributed by atoms with Gasteiger partial charge in [0.15, 0.2) is 0 Å². The van der Waals surface area contributed by atoms with Gasteiger partial charge in [-0.25, -0.2) is 8.42 Å². The van der Waals surface area contributed by atoms with E-state index in [2.05, 4.69) is 4.90 Å². The van der Waals surface area contributed by atoms with E-state index in [4.69, 9.17) is 0 Å². The second-order valence-electron chi connectivity index (χ2n) is 5.57. The maximum atomic E-state index is 12.7. The van der Waals surface area contributed by atoms with Gasteiger partial charge in [-0.15, -0.1) is 0 Å². The molecular formula is C15H24N2O3S. The molecule has 1 aliphatic heterocycles. The minimum atomic E-state index is -3.50. The van der Waals surface area contributed by atoms with Crippen molar-refractivity contribution in [3.63, 3.8) is 0 Å². The highest BCUT2D eigenvalue weighted by Gasteiger charge is 2.24. The number of aliphatic hydroxyl groups is 1. The van der Waals surface area contributed by atoms with E-state index in [1.54, 1.807) is 32.2 Å². The standard InChI is InChI=1S/C15H24N2O3S/c1-13-14(12-18)6-5-7-15(13)21(19,20)16(2)10-11-17-8-3-4-9-17/h5-7,18H,3-4,8-12H2,1-2H3. The molecule has 0 amide bonds. The number of aliphatic hydroxyl groups excluding tert-OH is 1. The third-order valence-corrected chi connectivity index (χ3v) is 6.19. The Morgan fingerprint density at radius 2 is 1.95 bits per heavy atom. The van der Waals surface area contributed by atoms with Crippen LogP contribution in [0.1, 0.15) is 24.0 Å². The van der Waals surface area contributed by atoms with E-state index in [0.29, 0.717) is 17.7 Å². The molecule has 0 aliphatic carbocycles. The van der Waals surface area contributed by atoms with Gasteiger partial charge in [-0.2, -0.15) is 4.31 Å². The van der Waals surface area contributed by atoms with Gasteiger partial charge in [0.05, 0.1) is 11.5 Å². The summed E-state index contributed by atoms with van der Waals surface area (Å²) in [5, 5.41) is 9.28. The first-order valence-electron chi connectivity index (χ1n) is 7.35. The van der Waals surface area contributed by atoms with E-state index < -0.39 is 10.0 Å². The van der Waals surface area contributed by atoms with E-state index >= 15 is 0 Å². The molecule has 1 N–H and O–H groups in total. The van der Waals surface area contributed by atoms with Crippen LogP contribution in [0, 0.1) is 6.92 Å². The first kappa shape index (κ1) is 16.4. The molecule has 118 valence electrons.